The van der Waals surface area contributed by atoms with E-state index in [-0.39, 0.29) is 17.8 Å². The highest BCUT2D eigenvalue weighted by Crippen LogP contribution is 2.10. The van der Waals surface area contributed by atoms with Crippen LogP contribution in [0.2, 0.25) is 0 Å². The summed E-state index contributed by atoms with van der Waals surface area (Å²) in [5.41, 5.74) is 0.217. The molecule has 0 spiro atoms. The van der Waals surface area contributed by atoms with Crippen LogP contribution in [0.4, 0.5) is 8.78 Å². The molecule has 0 radical (unpaired) electrons. The van der Waals surface area contributed by atoms with E-state index in [1.54, 1.807) is 13.0 Å². The number of benzene rings is 1. The van der Waals surface area contributed by atoms with Crippen molar-refractivity contribution < 1.29 is 13.6 Å². The summed E-state index contributed by atoms with van der Waals surface area (Å²) in [5, 5.41) is 0. The molecule has 0 aliphatic heterocycles. The van der Waals surface area contributed by atoms with Gasteiger partial charge in [0.05, 0.1) is 0 Å². The second kappa shape index (κ2) is 4.65. The zero-order valence-corrected chi connectivity index (χ0v) is 7.76. The van der Waals surface area contributed by atoms with Crippen LogP contribution in [0.3, 0.4) is 0 Å². The fraction of sp³-hybridized carbons (Fsp3) is 0.182. The molecule has 0 heterocycles. The molecule has 0 fully saturated rings. The normalized spacial score (nSPS) is 10.8. The maximum Gasteiger partial charge on any atom is 0.159 e. The minimum Gasteiger partial charge on any atom is -0.294 e. The predicted molar refractivity (Wildman–Crippen MR) is 49.9 cm³/mol. The Hall–Kier alpha value is -1.51. The maximum absolute atomic E-state index is 13.0. The maximum atomic E-state index is 13.0. The summed E-state index contributed by atoms with van der Waals surface area (Å²) in [6, 6.07) is 3.20. The molecular formula is C11H10F2O. The second-order valence-electron chi connectivity index (χ2n) is 2.88. The van der Waals surface area contributed by atoms with Gasteiger partial charge in [-0.3, -0.25) is 4.79 Å². The molecule has 3 heteroatoms. The molecule has 0 N–H and O–H groups in total. The SMILES string of the molecule is C/C=C/C(=O)Cc1ccc(F)cc1F. The zero-order valence-electron chi connectivity index (χ0n) is 7.76. The topological polar surface area (TPSA) is 17.1 Å². The number of ketones is 1. The van der Waals surface area contributed by atoms with Gasteiger partial charge in [0.15, 0.2) is 5.78 Å². The lowest BCUT2D eigenvalue weighted by Crippen LogP contribution is -2.01. The molecule has 14 heavy (non-hydrogen) atoms. The van der Waals surface area contributed by atoms with Crippen LogP contribution in [-0.4, -0.2) is 5.78 Å². The molecule has 0 atom stereocenters. The fourth-order valence-corrected chi connectivity index (χ4v) is 1.10. The summed E-state index contributed by atoms with van der Waals surface area (Å²) in [4.78, 5) is 11.1. The van der Waals surface area contributed by atoms with Gasteiger partial charge in [-0.25, -0.2) is 8.78 Å². The molecule has 0 saturated carbocycles. The molecule has 0 aliphatic rings. The monoisotopic (exact) mass is 196 g/mol. The molecule has 0 saturated heterocycles. The predicted octanol–water partition coefficient (Wildman–Crippen LogP) is 2.65. The van der Waals surface area contributed by atoms with Gasteiger partial charge in [-0.15, -0.1) is 0 Å². The van der Waals surface area contributed by atoms with E-state index in [0.717, 1.165) is 12.1 Å². The van der Waals surface area contributed by atoms with Gasteiger partial charge >= 0.3 is 0 Å². The number of allylic oxidation sites excluding steroid dienone is 2. The summed E-state index contributed by atoms with van der Waals surface area (Å²) in [7, 11) is 0. The molecule has 1 rings (SSSR count). The fourth-order valence-electron chi connectivity index (χ4n) is 1.10. The van der Waals surface area contributed by atoms with Gasteiger partial charge < -0.3 is 0 Å². The van der Waals surface area contributed by atoms with Crippen molar-refractivity contribution in [3.63, 3.8) is 0 Å². The smallest absolute Gasteiger partial charge is 0.159 e. The molecular weight excluding hydrogens is 186 g/mol. The Morgan fingerprint density at radius 1 is 1.43 bits per heavy atom. The third-order valence-corrected chi connectivity index (χ3v) is 1.73. The quantitative estimate of drug-likeness (QED) is 0.679. The van der Waals surface area contributed by atoms with Crippen LogP contribution in [0, 0.1) is 11.6 Å². The Labute approximate surface area is 81.1 Å². The summed E-state index contributed by atoms with van der Waals surface area (Å²) < 4.78 is 25.5. The van der Waals surface area contributed by atoms with Gasteiger partial charge in [0.25, 0.3) is 0 Å². The minimum atomic E-state index is -0.678. The van der Waals surface area contributed by atoms with Gasteiger partial charge in [0.1, 0.15) is 11.6 Å². The number of rotatable bonds is 3. The molecule has 0 amide bonds. The van der Waals surface area contributed by atoms with Crippen LogP contribution >= 0.6 is 0 Å². The van der Waals surface area contributed by atoms with Gasteiger partial charge in [-0.2, -0.15) is 0 Å². The molecule has 0 aliphatic carbocycles. The van der Waals surface area contributed by atoms with Crippen molar-refractivity contribution in [1.82, 2.24) is 0 Å². The van der Waals surface area contributed by atoms with Crippen molar-refractivity contribution in [2.24, 2.45) is 0 Å². The first-order valence-corrected chi connectivity index (χ1v) is 4.23. The Morgan fingerprint density at radius 3 is 2.71 bits per heavy atom. The Balaban J connectivity index is 2.82. The largest absolute Gasteiger partial charge is 0.294 e. The molecule has 1 nitrogen and oxygen atoms in total. The molecule has 1 aromatic carbocycles. The summed E-state index contributed by atoms with van der Waals surface area (Å²) in [6.07, 6.45) is 2.92. The van der Waals surface area contributed by atoms with Crippen LogP contribution in [0.5, 0.6) is 0 Å². The van der Waals surface area contributed by atoms with Gasteiger partial charge in [0, 0.05) is 12.5 Å². The average molecular weight is 196 g/mol. The van der Waals surface area contributed by atoms with Crippen LogP contribution in [0.1, 0.15) is 12.5 Å². The molecule has 0 bridgehead atoms. The molecule has 74 valence electrons. The average Bonchev–Trinajstić information content (AvgIpc) is 2.10. The third-order valence-electron chi connectivity index (χ3n) is 1.73. The van der Waals surface area contributed by atoms with Crippen molar-refractivity contribution >= 4 is 5.78 Å². The Kier molecular flexibility index (Phi) is 3.51. The highest BCUT2D eigenvalue weighted by atomic mass is 19.1. The van der Waals surface area contributed by atoms with E-state index >= 15 is 0 Å². The zero-order chi connectivity index (χ0) is 10.6. The highest BCUT2D eigenvalue weighted by molar-refractivity contribution is 5.91. The lowest BCUT2D eigenvalue weighted by atomic mass is 10.1. The third kappa shape index (κ3) is 2.76. The van der Waals surface area contributed by atoms with E-state index in [2.05, 4.69) is 0 Å². The minimum absolute atomic E-state index is 0.0313. The van der Waals surface area contributed by atoms with Crippen molar-refractivity contribution in [3.05, 3.63) is 47.5 Å². The number of halogens is 2. The number of carbonyl (C=O) groups excluding carboxylic acids is 1. The van der Waals surface area contributed by atoms with E-state index in [1.807, 2.05) is 0 Å². The Bertz CT molecular complexity index is 370. The van der Waals surface area contributed by atoms with Gasteiger partial charge in [-0.1, -0.05) is 12.1 Å². The Morgan fingerprint density at radius 2 is 2.14 bits per heavy atom. The standard InChI is InChI=1S/C11H10F2O/c1-2-3-10(14)6-8-4-5-9(12)7-11(8)13/h2-5,7H,6H2,1H3/b3-2+. The number of hydrogen-bond donors (Lipinski definition) is 0. The van der Waals surface area contributed by atoms with E-state index in [1.165, 1.54) is 12.1 Å². The van der Waals surface area contributed by atoms with E-state index in [0.29, 0.717) is 0 Å². The first-order chi connectivity index (χ1) is 6.63. The summed E-state index contributed by atoms with van der Waals surface area (Å²) >= 11 is 0. The first kappa shape index (κ1) is 10.6. The van der Waals surface area contributed by atoms with Crippen molar-refractivity contribution in [2.75, 3.05) is 0 Å². The summed E-state index contributed by atoms with van der Waals surface area (Å²) in [6.45, 7) is 1.71. The summed E-state index contributed by atoms with van der Waals surface area (Å²) in [5.74, 6) is -1.51. The molecule has 1 aromatic rings. The number of carbonyl (C=O) groups is 1. The second-order valence-corrected chi connectivity index (χ2v) is 2.88. The lowest BCUT2D eigenvalue weighted by Gasteiger charge is -1.99. The van der Waals surface area contributed by atoms with Crippen LogP contribution in [-0.2, 0) is 11.2 Å². The lowest BCUT2D eigenvalue weighted by molar-refractivity contribution is -0.114. The van der Waals surface area contributed by atoms with Crippen LogP contribution < -0.4 is 0 Å². The van der Waals surface area contributed by atoms with E-state index < -0.39 is 11.6 Å². The number of hydrogen-bond acceptors (Lipinski definition) is 1. The van der Waals surface area contributed by atoms with E-state index in [4.69, 9.17) is 0 Å². The van der Waals surface area contributed by atoms with Crippen molar-refractivity contribution in [2.45, 2.75) is 13.3 Å². The molecule has 0 unspecified atom stereocenters. The van der Waals surface area contributed by atoms with Crippen molar-refractivity contribution in [1.29, 1.82) is 0 Å². The van der Waals surface area contributed by atoms with Crippen molar-refractivity contribution in [3.8, 4) is 0 Å². The van der Waals surface area contributed by atoms with Crippen LogP contribution in [0.25, 0.3) is 0 Å². The first-order valence-electron chi connectivity index (χ1n) is 4.23. The van der Waals surface area contributed by atoms with Gasteiger partial charge in [0.2, 0.25) is 0 Å². The van der Waals surface area contributed by atoms with Crippen LogP contribution in [0.15, 0.2) is 30.4 Å². The van der Waals surface area contributed by atoms with Gasteiger partial charge in [-0.05, 0) is 24.6 Å². The highest BCUT2D eigenvalue weighted by Gasteiger charge is 2.06. The van der Waals surface area contributed by atoms with E-state index in [9.17, 15) is 13.6 Å². The molecule has 0 aromatic heterocycles.